The molecule has 7 nitrogen and oxygen atoms in total. The number of aryl methyl sites for hydroxylation is 1. The number of hydrogen-bond donors (Lipinski definition) is 2. The molecule has 0 unspecified atom stereocenters. The minimum absolute atomic E-state index is 0.0256. The van der Waals surface area contributed by atoms with Crippen molar-refractivity contribution >= 4 is 33.4 Å². The molecule has 0 radical (unpaired) electrons. The first-order valence-corrected chi connectivity index (χ1v) is 16.6. The normalized spacial score (nSPS) is 13.7. The average Bonchev–Trinajstić information content (AvgIpc) is 3.86. The van der Waals surface area contributed by atoms with Crippen LogP contribution in [0.15, 0.2) is 114 Å². The molecule has 1 atom stereocenters. The zero-order valence-corrected chi connectivity index (χ0v) is 25.9. The highest BCUT2D eigenvalue weighted by Gasteiger charge is 2.31. The minimum Gasteiger partial charge on any atom is -0.350 e. The van der Waals surface area contributed by atoms with Gasteiger partial charge >= 0.3 is 0 Å². The van der Waals surface area contributed by atoms with Gasteiger partial charge in [0.05, 0.1) is 4.90 Å². The second kappa shape index (κ2) is 14.7. The molecule has 5 rings (SSSR count). The molecule has 44 heavy (non-hydrogen) atoms. The largest absolute Gasteiger partial charge is 0.350 e. The molecule has 228 valence electrons. The Balaban J connectivity index is 1.36. The van der Waals surface area contributed by atoms with Gasteiger partial charge in [0.25, 0.3) is 0 Å². The molecule has 2 amide bonds. The molecule has 0 spiro atoms. The number of sulfonamides is 1. The smallest absolute Gasteiger partial charge is 0.243 e. The van der Waals surface area contributed by atoms with Crippen LogP contribution in [0.5, 0.6) is 0 Å². The molecular formula is C35H36ClN3O4S. The van der Waals surface area contributed by atoms with Crippen LogP contribution in [0.2, 0.25) is 5.02 Å². The summed E-state index contributed by atoms with van der Waals surface area (Å²) in [6.45, 7) is 0.578. The van der Waals surface area contributed by atoms with Crippen LogP contribution in [0.3, 0.4) is 0 Å². The van der Waals surface area contributed by atoms with Gasteiger partial charge in [-0.3, -0.25) is 9.59 Å². The molecule has 1 aliphatic rings. The summed E-state index contributed by atoms with van der Waals surface area (Å²) in [5.41, 5.74) is 3.60. The Kier molecular flexibility index (Phi) is 10.5. The summed E-state index contributed by atoms with van der Waals surface area (Å²) in [7, 11) is -3.55. The van der Waals surface area contributed by atoms with Gasteiger partial charge < -0.3 is 10.2 Å². The Labute approximate surface area is 264 Å². The lowest BCUT2D eigenvalue weighted by Crippen LogP contribution is -2.50. The lowest BCUT2D eigenvalue weighted by Gasteiger charge is -2.32. The number of benzene rings is 4. The fourth-order valence-electron chi connectivity index (χ4n) is 4.96. The molecule has 0 aromatic heterocycles. The van der Waals surface area contributed by atoms with E-state index in [1.165, 1.54) is 0 Å². The van der Waals surface area contributed by atoms with Crippen LogP contribution in [-0.4, -0.2) is 37.2 Å². The van der Waals surface area contributed by atoms with Gasteiger partial charge in [-0.15, -0.1) is 0 Å². The lowest BCUT2D eigenvalue weighted by atomic mass is 10.0. The Morgan fingerprint density at radius 3 is 1.98 bits per heavy atom. The summed E-state index contributed by atoms with van der Waals surface area (Å²) in [5, 5.41) is 3.63. The van der Waals surface area contributed by atoms with Crippen LogP contribution in [0.25, 0.3) is 0 Å². The maximum absolute atomic E-state index is 14.0. The van der Waals surface area contributed by atoms with Gasteiger partial charge in [0.15, 0.2) is 0 Å². The molecule has 1 saturated carbocycles. The van der Waals surface area contributed by atoms with Crippen molar-refractivity contribution in [2.24, 2.45) is 0 Å². The quantitative estimate of drug-likeness (QED) is 0.188. The molecule has 2 N–H and O–H groups in total. The van der Waals surface area contributed by atoms with E-state index in [0.717, 1.165) is 35.1 Å². The van der Waals surface area contributed by atoms with Crippen molar-refractivity contribution < 1.29 is 18.0 Å². The summed E-state index contributed by atoms with van der Waals surface area (Å²) in [4.78, 5) is 29.6. The number of amides is 2. The third-order valence-electron chi connectivity index (χ3n) is 7.61. The highest BCUT2D eigenvalue weighted by atomic mass is 35.5. The lowest BCUT2D eigenvalue weighted by molar-refractivity contribution is -0.141. The summed E-state index contributed by atoms with van der Waals surface area (Å²) in [6.07, 6.45) is 2.62. The number of hydrogen-bond acceptors (Lipinski definition) is 4. The molecule has 0 saturated heterocycles. The fraction of sp³-hybridized carbons (Fsp3) is 0.257. The van der Waals surface area contributed by atoms with Crippen molar-refractivity contribution in [3.63, 3.8) is 0 Å². The Hall–Kier alpha value is -3.98. The molecule has 0 heterocycles. The number of nitrogens with one attached hydrogen (secondary N) is 2. The van der Waals surface area contributed by atoms with Crippen molar-refractivity contribution in [1.82, 2.24) is 14.9 Å². The van der Waals surface area contributed by atoms with Gasteiger partial charge in [-0.2, -0.15) is 0 Å². The summed E-state index contributed by atoms with van der Waals surface area (Å²) in [5.74, 6) is -0.416. The zero-order chi connectivity index (χ0) is 30.9. The van der Waals surface area contributed by atoms with E-state index in [2.05, 4.69) is 10.0 Å². The highest BCUT2D eigenvalue weighted by molar-refractivity contribution is 7.89. The fourth-order valence-corrected chi connectivity index (χ4v) is 6.39. The van der Waals surface area contributed by atoms with E-state index in [1.54, 1.807) is 41.3 Å². The first kappa shape index (κ1) is 31.4. The third-order valence-corrected chi connectivity index (χ3v) is 9.40. The predicted molar refractivity (Wildman–Crippen MR) is 172 cm³/mol. The highest BCUT2D eigenvalue weighted by Crippen LogP contribution is 2.23. The second-order valence-corrected chi connectivity index (χ2v) is 13.2. The molecule has 9 heteroatoms. The first-order chi connectivity index (χ1) is 21.3. The van der Waals surface area contributed by atoms with Crippen LogP contribution >= 0.6 is 11.6 Å². The first-order valence-electron chi connectivity index (χ1n) is 14.8. The third kappa shape index (κ3) is 9.02. The molecule has 0 bridgehead atoms. The molecule has 1 fully saturated rings. The van der Waals surface area contributed by atoms with Gasteiger partial charge in [-0.05, 0) is 65.8 Å². The maximum Gasteiger partial charge on any atom is 0.243 e. The van der Waals surface area contributed by atoms with Crippen molar-refractivity contribution in [1.29, 1.82) is 0 Å². The molecule has 4 aromatic rings. The van der Waals surface area contributed by atoms with Gasteiger partial charge in [0.2, 0.25) is 21.8 Å². The Bertz CT molecular complexity index is 1640. The van der Waals surface area contributed by atoms with Gasteiger partial charge in [-0.25, -0.2) is 13.1 Å². The summed E-state index contributed by atoms with van der Waals surface area (Å²) >= 11 is 6.13. The van der Waals surface area contributed by atoms with E-state index in [1.807, 2.05) is 72.8 Å². The van der Waals surface area contributed by atoms with Crippen molar-refractivity contribution in [3.8, 4) is 0 Å². The number of carbonyl (C=O) groups excluding carboxylic acids is 2. The van der Waals surface area contributed by atoms with E-state index in [0.29, 0.717) is 24.4 Å². The molecule has 0 aliphatic heterocycles. The topological polar surface area (TPSA) is 95.6 Å². The van der Waals surface area contributed by atoms with Crippen LogP contribution in [0.4, 0.5) is 0 Å². The molecular weight excluding hydrogens is 594 g/mol. The van der Waals surface area contributed by atoms with E-state index in [9.17, 15) is 18.0 Å². The predicted octanol–water partition coefficient (Wildman–Crippen LogP) is 5.67. The summed E-state index contributed by atoms with van der Waals surface area (Å²) < 4.78 is 27.8. The molecule has 1 aliphatic carbocycles. The maximum atomic E-state index is 14.0. The van der Waals surface area contributed by atoms with Crippen LogP contribution < -0.4 is 10.0 Å². The van der Waals surface area contributed by atoms with E-state index in [4.69, 9.17) is 11.6 Å². The van der Waals surface area contributed by atoms with Crippen LogP contribution in [-0.2, 0) is 45.5 Å². The minimum atomic E-state index is -3.55. The van der Waals surface area contributed by atoms with E-state index < -0.39 is 16.1 Å². The number of carbonyl (C=O) groups is 2. The zero-order valence-electron chi connectivity index (χ0n) is 24.4. The Morgan fingerprint density at radius 1 is 0.773 bits per heavy atom. The average molecular weight is 630 g/mol. The van der Waals surface area contributed by atoms with E-state index >= 15 is 0 Å². The second-order valence-electron chi connectivity index (χ2n) is 11.1. The number of rotatable bonds is 14. The van der Waals surface area contributed by atoms with Crippen molar-refractivity contribution in [3.05, 3.63) is 136 Å². The number of nitrogens with zero attached hydrogens (tertiary/aromatic N) is 1. The van der Waals surface area contributed by atoms with Crippen LogP contribution in [0.1, 0.15) is 41.5 Å². The number of halogens is 1. The summed E-state index contributed by atoms with van der Waals surface area (Å²) in [6, 6.07) is 32.5. The monoisotopic (exact) mass is 629 g/mol. The SMILES string of the molecule is O=C(NCc1ccccc1)[C@H](Cc1ccccc1)N(Cc1ccc(Cl)cc1)C(=O)CCc1ccc(S(=O)(=O)NC2CC2)cc1. The van der Waals surface area contributed by atoms with Gasteiger partial charge in [0.1, 0.15) is 6.04 Å². The standard InChI is InChI=1S/C35H36ClN3O4S/c36-30-16-11-29(12-17-30)25-39(34(40)22-15-26-13-20-32(21-14-26)44(42,43)38-31-18-19-31)33(23-27-7-3-1-4-8-27)35(41)37-24-28-9-5-2-6-10-28/h1-14,16-17,20-21,31,33,38H,15,18-19,22-25H2,(H,37,41)/t33-/m0/s1. The van der Waals surface area contributed by atoms with Crippen molar-refractivity contribution in [2.75, 3.05) is 0 Å². The van der Waals surface area contributed by atoms with E-state index in [-0.39, 0.29) is 35.7 Å². The van der Waals surface area contributed by atoms with Crippen LogP contribution in [0, 0.1) is 0 Å². The van der Waals surface area contributed by atoms with Gasteiger partial charge in [0, 0.05) is 37.0 Å². The van der Waals surface area contributed by atoms with Gasteiger partial charge in [-0.1, -0.05) is 96.5 Å². The van der Waals surface area contributed by atoms with Crippen molar-refractivity contribution in [2.45, 2.75) is 62.2 Å². The Morgan fingerprint density at radius 2 is 1.36 bits per heavy atom. The molecule has 4 aromatic carbocycles.